The van der Waals surface area contributed by atoms with Crippen LogP contribution in [0.25, 0.3) is 16.7 Å². The van der Waals surface area contributed by atoms with Crippen LogP contribution in [0, 0.1) is 0 Å². The minimum Gasteiger partial charge on any atom is -0.463 e. The standard InChI is InChI=1S/C21H19F3N4O5/c1-3-18(31)26-10-16-19-15(17(30)11-32-12(2)29)8-9-25-20(19)28(27-16)13-4-6-14(7-5-13)33-21(22,23)24/h3-9,17,30H,1,10-11H2,2H3,(H,26,31)/t17-/m1/s1. The first-order valence-electron chi connectivity index (χ1n) is 9.53. The number of halogens is 3. The van der Waals surface area contributed by atoms with Gasteiger partial charge in [0.25, 0.3) is 0 Å². The second kappa shape index (κ2) is 9.69. The van der Waals surface area contributed by atoms with Crippen LogP contribution in [0.2, 0.25) is 0 Å². The van der Waals surface area contributed by atoms with Crippen LogP contribution in [0.1, 0.15) is 24.3 Å². The molecule has 0 aliphatic rings. The first kappa shape index (κ1) is 23.7. The van der Waals surface area contributed by atoms with Gasteiger partial charge in [0.15, 0.2) is 5.65 Å². The highest BCUT2D eigenvalue weighted by molar-refractivity contribution is 5.88. The normalized spacial score (nSPS) is 12.3. The average molecular weight is 464 g/mol. The second-order valence-electron chi connectivity index (χ2n) is 6.74. The van der Waals surface area contributed by atoms with E-state index < -0.39 is 30.1 Å². The molecule has 33 heavy (non-hydrogen) atoms. The molecular formula is C21H19F3N4O5. The lowest BCUT2D eigenvalue weighted by Gasteiger charge is -2.13. The van der Waals surface area contributed by atoms with Gasteiger partial charge in [-0.3, -0.25) is 9.59 Å². The smallest absolute Gasteiger partial charge is 0.463 e. The van der Waals surface area contributed by atoms with Crippen molar-refractivity contribution < 1.29 is 37.3 Å². The van der Waals surface area contributed by atoms with Crippen LogP contribution in [0.15, 0.2) is 49.2 Å². The Morgan fingerprint density at radius 1 is 1.27 bits per heavy atom. The fraction of sp³-hybridized carbons (Fsp3) is 0.238. The second-order valence-corrected chi connectivity index (χ2v) is 6.74. The number of carbonyl (C=O) groups excluding carboxylic acids is 2. The molecule has 2 N–H and O–H groups in total. The number of aromatic nitrogens is 3. The third-order valence-electron chi connectivity index (χ3n) is 4.41. The quantitative estimate of drug-likeness (QED) is 0.389. The molecule has 2 heterocycles. The van der Waals surface area contributed by atoms with Crippen LogP contribution in [-0.4, -0.2) is 44.7 Å². The van der Waals surface area contributed by atoms with Gasteiger partial charge in [0, 0.05) is 13.1 Å². The van der Waals surface area contributed by atoms with Crippen molar-refractivity contribution in [3.63, 3.8) is 0 Å². The molecule has 12 heteroatoms. The predicted octanol–water partition coefficient (Wildman–Crippen LogP) is 2.72. The van der Waals surface area contributed by atoms with E-state index in [1.807, 2.05) is 0 Å². The highest BCUT2D eigenvalue weighted by Gasteiger charge is 2.31. The third kappa shape index (κ3) is 5.86. The summed E-state index contributed by atoms with van der Waals surface area (Å²) in [6.45, 7) is 4.21. The van der Waals surface area contributed by atoms with Crippen molar-refractivity contribution in [2.24, 2.45) is 0 Å². The average Bonchev–Trinajstić information content (AvgIpc) is 3.14. The Bertz CT molecular complexity index is 1180. The van der Waals surface area contributed by atoms with Gasteiger partial charge in [-0.2, -0.15) is 5.10 Å². The van der Waals surface area contributed by atoms with Crippen LogP contribution in [0.3, 0.4) is 0 Å². The minimum atomic E-state index is -4.83. The van der Waals surface area contributed by atoms with Gasteiger partial charge in [-0.15, -0.1) is 13.2 Å². The number of ether oxygens (including phenoxy) is 2. The van der Waals surface area contributed by atoms with E-state index in [4.69, 9.17) is 4.74 Å². The van der Waals surface area contributed by atoms with Gasteiger partial charge in [-0.25, -0.2) is 9.67 Å². The molecule has 9 nitrogen and oxygen atoms in total. The first-order chi connectivity index (χ1) is 15.6. The minimum absolute atomic E-state index is 0.0530. The van der Waals surface area contributed by atoms with Crippen LogP contribution in [0.5, 0.6) is 5.75 Å². The zero-order valence-corrected chi connectivity index (χ0v) is 17.3. The summed E-state index contributed by atoms with van der Waals surface area (Å²) in [5.74, 6) is -1.45. The summed E-state index contributed by atoms with van der Waals surface area (Å²) in [4.78, 5) is 27.1. The van der Waals surface area contributed by atoms with Gasteiger partial charge < -0.3 is 19.9 Å². The number of hydrogen-bond donors (Lipinski definition) is 2. The van der Waals surface area contributed by atoms with Gasteiger partial charge in [-0.1, -0.05) is 6.58 Å². The van der Waals surface area contributed by atoms with Crippen molar-refractivity contribution in [2.75, 3.05) is 6.61 Å². The maximum Gasteiger partial charge on any atom is 0.573 e. The molecule has 0 aliphatic carbocycles. The molecule has 3 aromatic rings. The molecule has 0 spiro atoms. The lowest BCUT2D eigenvalue weighted by atomic mass is 10.1. The largest absolute Gasteiger partial charge is 0.573 e. The number of esters is 1. The van der Waals surface area contributed by atoms with Crippen LogP contribution in [-0.2, 0) is 20.9 Å². The van der Waals surface area contributed by atoms with E-state index in [2.05, 4.69) is 26.7 Å². The van der Waals surface area contributed by atoms with Crippen LogP contribution < -0.4 is 10.1 Å². The first-order valence-corrected chi connectivity index (χ1v) is 9.53. The van der Waals surface area contributed by atoms with E-state index in [1.165, 1.54) is 36.0 Å². The van der Waals surface area contributed by atoms with Gasteiger partial charge >= 0.3 is 12.3 Å². The van der Waals surface area contributed by atoms with Crippen LogP contribution in [0.4, 0.5) is 13.2 Å². The molecule has 1 atom stereocenters. The monoisotopic (exact) mass is 464 g/mol. The van der Waals surface area contributed by atoms with E-state index in [0.29, 0.717) is 22.3 Å². The number of hydrogen-bond acceptors (Lipinski definition) is 7. The molecule has 0 bridgehead atoms. The zero-order chi connectivity index (χ0) is 24.2. The fourth-order valence-corrected chi connectivity index (χ4v) is 3.04. The maximum atomic E-state index is 12.4. The van der Waals surface area contributed by atoms with Gasteiger partial charge in [0.2, 0.25) is 5.91 Å². The Morgan fingerprint density at radius 2 is 1.97 bits per heavy atom. The lowest BCUT2D eigenvalue weighted by molar-refractivity contribution is -0.274. The summed E-state index contributed by atoms with van der Waals surface area (Å²) in [5, 5.41) is 18.0. The van der Waals surface area contributed by atoms with Crippen molar-refractivity contribution in [1.29, 1.82) is 0 Å². The number of pyridine rings is 1. The summed E-state index contributed by atoms with van der Waals surface area (Å²) in [7, 11) is 0. The molecule has 0 saturated carbocycles. The molecule has 0 fully saturated rings. The number of benzene rings is 1. The van der Waals surface area contributed by atoms with E-state index in [-0.39, 0.29) is 18.8 Å². The summed E-state index contributed by atoms with van der Waals surface area (Å²) < 4.78 is 47.4. The van der Waals surface area contributed by atoms with Crippen molar-refractivity contribution in [3.05, 3.63) is 60.4 Å². The Labute approximate surface area is 185 Å². The number of rotatable bonds is 8. The summed E-state index contributed by atoms with van der Waals surface area (Å²) in [5.41, 5.74) is 1.28. The Kier molecular flexibility index (Phi) is 6.97. The lowest BCUT2D eigenvalue weighted by Crippen LogP contribution is -2.20. The highest BCUT2D eigenvalue weighted by Crippen LogP contribution is 2.29. The molecule has 2 aromatic heterocycles. The number of nitrogens with one attached hydrogen (secondary N) is 1. The summed E-state index contributed by atoms with van der Waals surface area (Å²) in [6.07, 6.45) is -3.56. The molecule has 0 saturated heterocycles. The van der Waals surface area contributed by atoms with Gasteiger partial charge in [0.05, 0.1) is 23.3 Å². The number of nitrogens with zero attached hydrogens (tertiary/aromatic N) is 3. The van der Waals surface area contributed by atoms with Crippen molar-refractivity contribution in [3.8, 4) is 11.4 Å². The summed E-state index contributed by atoms with van der Waals surface area (Å²) >= 11 is 0. The van der Waals surface area contributed by atoms with Crippen molar-refractivity contribution in [2.45, 2.75) is 25.9 Å². The molecule has 1 amide bonds. The summed E-state index contributed by atoms with van der Waals surface area (Å²) in [6, 6.07) is 6.46. The molecule has 1 aromatic carbocycles. The SMILES string of the molecule is C=CC(=O)NCc1nn(-c2ccc(OC(F)(F)F)cc2)c2nccc([C@H](O)COC(C)=O)c12. The molecular weight excluding hydrogens is 445 g/mol. The molecule has 174 valence electrons. The fourth-order valence-electron chi connectivity index (χ4n) is 3.04. The molecule has 0 aliphatic heterocycles. The Morgan fingerprint density at radius 3 is 2.58 bits per heavy atom. The molecule has 0 radical (unpaired) electrons. The third-order valence-corrected chi connectivity index (χ3v) is 4.41. The molecule has 3 rings (SSSR count). The van der Waals surface area contributed by atoms with E-state index in [0.717, 1.165) is 18.2 Å². The topological polar surface area (TPSA) is 116 Å². The van der Waals surface area contributed by atoms with Gasteiger partial charge in [-0.05, 0) is 42.0 Å². The number of carbonyl (C=O) groups is 2. The van der Waals surface area contributed by atoms with Gasteiger partial charge in [0.1, 0.15) is 18.5 Å². The number of amides is 1. The van der Waals surface area contributed by atoms with Crippen molar-refractivity contribution >= 4 is 22.9 Å². The van der Waals surface area contributed by atoms with E-state index in [1.54, 1.807) is 0 Å². The number of aliphatic hydroxyl groups is 1. The maximum absolute atomic E-state index is 12.4. The predicted molar refractivity (Wildman–Crippen MR) is 109 cm³/mol. The highest BCUT2D eigenvalue weighted by atomic mass is 19.4. The Balaban J connectivity index is 2.06. The van der Waals surface area contributed by atoms with E-state index >= 15 is 0 Å². The molecule has 0 unspecified atom stereocenters. The number of alkyl halides is 3. The van der Waals surface area contributed by atoms with E-state index in [9.17, 15) is 27.9 Å². The van der Waals surface area contributed by atoms with Crippen molar-refractivity contribution in [1.82, 2.24) is 20.1 Å². The zero-order valence-electron chi connectivity index (χ0n) is 17.3. The van der Waals surface area contributed by atoms with Crippen LogP contribution >= 0.6 is 0 Å². The Hall–Kier alpha value is -3.93. The number of fused-ring (bicyclic) bond motifs is 1. The number of aliphatic hydroxyl groups excluding tert-OH is 1.